The second-order valence-electron chi connectivity index (χ2n) is 6.57. The first kappa shape index (κ1) is 24.1. The van der Waals surface area contributed by atoms with Crippen LogP contribution in [0.1, 0.15) is 34.1 Å². The highest BCUT2D eigenvalue weighted by molar-refractivity contribution is 5.64. The minimum absolute atomic E-state index is 0.258. The first-order valence-corrected chi connectivity index (χ1v) is 10.1. The van der Waals surface area contributed by atoms with Crippen molar-refractivity contribution in [3.8, 4) is 11.4 Å². The molecule has 0 aliphatic rings. The van der Waals surface area contributed by atoms with Crippen LogP contribution < -0.4 is 9.80 Å². The Morgan fingerprint density at radius 3 is 1.79 bits per heavy atom. The Morgan fingerprint density at radius 2 is 1.31 bits per heavy atom. The van der Waals surface area contributed by atoms with Gasteiger partial charge in [0.2, 0.25) is 5.95 Å². The lowest BCUT2D eigenvalue weighted by molar-refractivity contribution is 0.628. The van der Waals surface area contributed by atoms with Gasteiger partial charge >= 0.3 is 0 Å². The quantitative estimate of drug-likeness (QED) is 0.547. The van der Waals surface area contributed by atoms with Crippen LogP contribution in [0.5, 0.6) is 0 Å². The van der Waals surface area contributed by atoms with Gasteiger partial charge in [-0.2, -0.15) is 0 Å². The van der Waals surface area contributed by atoms with Gasteiger partial charge in [-0.3, -0.25) is 4.57 Å². The maximum Gasteiger partial charge on any atom is 0.231 e. The first-order valence-electron chi connectivity index (χ1n) is 10.1. The largest absolute Gasteiger partial charge is 0.378 e. The van der Waals surface area contributed by atoms with E-state index in [9.17, 15) is 4.39 Å². The number of hydrogen-bond acceptors (Lipinski definition) is 4. The standard InChI is InChI=1S/C18H20FN5.C3H8.C2H6/c1-22(2)15-9-5-13(6-10-15)17-20-21-18(24(17)4)23(3)16-11-7-14(19)8-12-16;1-3-2;1-2/h5-12H,1-4H3;3H2,1-2H3;1-2H3. The molecule has 1 aromatic heterocycles. The van der Waals surface area contributed by atoms with Crippen molar-refractivity contribution in [2.75, 3.05) is 30.9 Å². The highest BCUT2D eigenvalue weighted by Gasteiger charge is 2.15. The minimum atomic E-state index is -0.258. The van der Waals surface area contributed by atoms with Crippen molar-refractivity contribution >= 4 is 17.3 Å². The van der Waals surface area contributed by atoms with Gasteiger partial charge in [-0.25, -0.2) is 4.39 Å². The van der Waals surface area contributed by atoms with Crippen molar-refractivity contribution in [1.29, 1.82) is 0 Å². The van der Waals surface area contributed by atoms with Gasteiger partial charge in [-0.05, 0) is 48.5 Å². The van der Waals surface area contributed by atoms with Crippen molar-refractivity contribution in [1.82, 2.24) is 14.8 Å². The van der Waals surface area contributed by atoms with Crippen molar-refractivity contribution in [2.24, 2.45) is 7.05 Å². The van der Waals surface area contributed by atoms with E-state index in [0.717, 1.165) is 22.8 Å². The maximum absolute atomic E-state index is 13.1. The number of nitrogens with zero attached hydrogens (tertiary/aromatic N) is 5. The summed E-state index contributed by atoms with van der Waals surface area (Å²) in [6, 6.07) is 14.5. The average Bonchev–Trinajstić information content (AvgIpc) is 3.11. The topological polar surface area (TPSA) is 37.2 Å². The predicted molar refractivity (Wildman–Crippen MR) is 123 cm³/mol. The van der Waals surface area contributed by atoms with Gasteiger partial charge in [0, 0.05) is 45.1 Å². The Balaban J connectivity index is 0.000000771. The SMILES string of the molecule is CC.CCC.CN(C)c1ccc(-c2nnc(N(C)c3ccc(F)cc3)n2C)cc1. The normalized spacial score (nSPS) is 9.69. The Hall–Kier alpha value is -2.89. The van der Waals surface area contributed by atoms with E-state index in [0.29, 0.717) is 5.95 Å². The Morgan fingerprint density at radius 1 is 0.828 bits per heavy atom. The molecule has 0 bridgehead atoms. The van der Waals surface area contributed by atoms with Gasteiger partial charge in [0.1, 0.15) is 5.82 Å². The summed E-state index contributed by atoms with van der Waals surface area (Å²) < 4.78 is 15.0. The van der Waals surface area contributed by atoms with Crippen molar-refractivity contribution < 1.29 is 4.39 Å². The molecule has 158 valence electrons. The molecule has 0 aliphatic carbocycles. The van der Waals surface area contributed by atoms with E-state index in [1.807, 2.05) is 80.7 Å². The van der Waals surface area contributed by atoms with E-state index in [2.05, 4.69) is 24.0 Å². The minimum Gasteiger partial charge on any atom is -0.378 e. The number of hydrogen-bond donors (Lipinski definition) is 0. The molecule has 0 amide bonds. The summed E-state index contributed by atoms with van der Waals surface area (Å²) in [6.45, 7) is 8.25. The van der Waals surface area contributed by atoms with Crippen LogP contribution in [0, 0.1) is 5.82 Å². The number of anilines is 3. The molecule has 0 saturated carbocycles. The zero-order valence-electron chi connectivity index (χ0n) is 18.9. The third kappa shape index (κ3) is 6.31. The van der Waals surface area contributed by atoms with Gasteiger partial charge < -0.3 is 9.80 Å². The fourth-order valence-corrected chi connectivity index (χ4v) is 2.55. The predicted octanol–water partition coefficient (Wildman–Crippen LogP) is 5.90. The van der Waals surface area contributed by atoms with Gasteiger partial charge in [-0.15, -0.1) is 10.2 Å². The molecule has 6 heteroatoms. The van der Waals surface area contributed by atoms with E-state index >= 15 is 0 Å². The number of halogens is 1. The molecule has 0 atom stereocenters. The van der Waals surface area contributed by atoms with Crippen LogP contribution in [0.4, 0.5) is 21.7 Å². The summed E-state index contributed by atoms with van der Waals surface area (Å²) in [5.74, 6) is 1.21. The second-order valence-corrected chi connectivity index (χ2v) is 6.57. The molecule has 1 heterocycles. The molecule has 3 rings (SSSR count). The zero-order chi connectivity index (χ0) is 22.0. The summed E-state index contributed by atoms with van der Waals surface area (Å²) in [5, 5.41) is 8.59. The van der Waals surface area contributed by atoms with Crippen molar-refractivity contribution in [3.05, 3.63) is 54.3 Å². The van der Waals surface area contributed by atoms with Gasteiger partial charge in [0.25, 0.3) is 0 Å². The van der Waals surface area contributed by atoms with Crippen LogP contribution >= 0.6 is 0 Å². The molecule has 0 saturated heterocycles. The molecule has 29 heavy (non-hydrogen) atoms. The number of aromatic nitrogens is 3. The monoisotopic (exact) mass is 399 g/mol. The second kappa shape index (κ2) is 11.8. The number of benzene rings is 2. The molecule has 0 unspecified atom stereocenters. The summed E-state index contributed by atoms with van der Waals surface area (Å²) in [5.41, 5.74) is 2.97. The van der Waals surface area contributed by atoms with Crippen LogP contribution in [0.2, 0.25) is 0 Å². The van der Waals surface area contributed by atoms with E-state index in [1.54, 1.807) is 12.1 Å². The lowest BCUT2D eigenvalue weighted by Crippen LogP contribution is -2.14. The Labute approximate surface area is 174 Å². The molecule has 2 aromatic carbocycles. The Kier molecular flexibility index (Phi) is 9.86. The van der Waals surface area contributed by atoms with Crippen LogP contribution in [-0.2, 0) is 7.05 Å². The van der Waals surface area contributed by atoms with Crippen LogP contribution in [-0.4, -0.2) is 35.9 Å². The fourth-order valence-electron chi connectivity index (χ4n) is 2.55. The highest BCUT2D eigenvalue weighted by Crippen LogP contribution is 2.26. The molecule has 0 spiro atoms. The van der Waals surface area contributed by atoms with E-state index in [1.165, 1.54) is 18.6 Å². The summed E-state index contributed by atoms with van der Waals surface area (Å²) in [4.78, 5) is 3.93. The van der Waals surface area contributed by atoms with Crippen LogP contribution in [0.25, 0.3) is 11.4 Å². The summed E-state index contributed by atoms with van der Waals surface area (Å²) in [7, 11) is 7.82. The molecule has 0 aliphatic heterocycles. The van der Waals surface area contributed by atoms with E-state index in [-0.39, 0.29) is 5.82 Å². The molecule has 0 radical (unpaired) electrons. The lowest BCUT2D eigenvalue weighted by atomic mass is 10.2. The van der Waals surface area contributed by atoms with Crippen LogP contribution in [0.3, 0.4) is 0 Å². The lowest BCUT2D eigenvalue weighted by Gasteiger charge is -2.18. The molecule has 0 N–H and O–H groups in total. The summed E-state index contributed by atoms with van der Waals surface area (Å²) in [6.07, 6.45) is 1.25. The first-order chi connectivity index (χ1) is 13.9. The highest BCUT2D eigenvalue weighted by atomic mass is 19.1. The third-order valence-corrected chi connectivity index (χ3v) is 4.01. The third-order valence-electron chi connectivity index (χ3n) is 4.01. The Bertz CT molecular complexity index is 839. The summed E-state index contributed by atoms with van der Waals surface area (Å²) >= 11 is 0. The molecule has 3 aromatic rings. The molecule has 5 nitrogen and oxygen atoms in total. The number of rotatable bonds is 4. The molecular weight excluding hydrogens is 365 g/mol. The van der Waals surface area contributed by atoms with Crippen molar-refractivity contribution in [2.45, 2.75) is 34.1 Å². The van der Waals surface area contributed by atoms with Crippen molar-refractivity contribution in [3.63, 3.8) is 0 Å². The maximum atomic E-state index is 13.1. The van der Waals surface area contributed by atoms with Gasteiger partial charge in [-0.1, -0.05) is 34.1 Å². The van der Waals surface area contributed by atoms with Gasteiger partial charge in [0.05, 0.1) is 0 Å². The molecule has 0 fully saturated rings. The van der Waals surface area contributed by atoms with Gasteiger partial charge in [0.15, 0.2) is 5.82 Å². The smallest absolute Gasteiger partial charge is 0.231 e. The van der Waals surface area contributed by atoms with Crippen LogP contribution in [0.15, 0.2) is 48.5 Å². The average molecular weight is 400 g/mol. The van der Waals surface area contributed by atoms with E-state index < -0.39 is 0 Å². The zero-order valence-corrected chi connectivity index (χ0v) is 18.9. The van der Waals surface area contributed by atoms with E-state index in [4.69, 9.17) is 0 Å². The fraction of sp³-hybridized carbons (Fsp3) is 0.391. The molecular formula is C23H34FN5.